The maximum Gasteiger partial charge on any atom is 0.416 e. The number of anilines is 2. The normalized spacial score (nSPS) is 11.2. The quantitative estimate of drug-likeness (QED) is 0.191. The van der Waals surface area contributed by atoms with Crippen LogP contribution in [0.25, 0.3) is 0 Å². The largest absolute Gasteiger partial charge is 0.493 e. The molecule has 9 nitrogen and oxygen atoms in total. The minimum absolute atomic E-state index is 0.223. The lowest BCUT2D eigenvalue weighted by molar-refractivity contribution is -0.384. The van der Waals surface area contributed by atoms with Gasteiger partial charge in [-0.2, -0.15) is 18.3 Å². The summed E-state index contributed by atoms with van der Waals surface area (Å²) in [5.74, 6) is 0.131. The first-order valence-electron chi connectivity index (χ1n) is 10.1. The third kappa shape index (κ3) is 6.95. The van der Waals surface area contributed by atoms with Gasteiger partial charge in [0.25, 0.3) is 11.6 Å². The van der Waals surface area contributed by atoms with Gasteiger partial charge in [0.2, 0.25) is 0 Å². The molecule has 0 heterocycles. The summed E-state index contributed by atoms with van der Waals surface area (Å²) in [6, 6.07) is 14.0. The van der Waals surface area contributed by atoms with E-state index in [9.17, 15) is 28.1 Å². The monoisotopic (exact) mass is 566 g/mol. The minimum Gasteiger partial charge on any atom is -0.493 e. The first-order valence-corrected chi connectivity index (χ1v) is 10.9. The van der Waals surface area contributed by atoms with Gasteiger partial charge in [-0.25, -0.2) is 0 Å². The molecule has 13 heteroatoms. The van der Waals surface area contributed by atoms with Gasteiger partial charge in [-0.1, -0.05) is 18.2 Å². The van der Waals surface area contributed by atoms with E-state index in [0.29, 0.717) is 27.9 Å². The second-order valence-corrected chi connectivity index (χ2v) is 7.95. The fourth-order valence-electron chi connectivity index (χ4n) is 2.94. The van der Waals surface area contributed by atoms with Gasteiger partial charge in [0.15, 0.2) is 18.1 Å². The maximum atomic E-state index is 12.9. The molecule has 0 saturated heterocycles. The first kappa shape index (κ1) is 26.5. The Labute approximate surface area is 211 Å². The molecule has 36 heavy (non-hydrogen) atoms. The highest BCUT2D eigenvalue weighted by Gasteiger charge is 2.33. The van der Waals surface area contributed by atoms with Crippen molar-refractivity contribution in [2.24, 2.45) is 5.10 Å². The number of hydrogen-bond acceptors (Lipinski definition) is 7. The molecular weight excluding hydrogens is 549 g/mol. The summed E-state index contributed by atoms with van der Waals surface area (Å²) >= 11 is 3.34. The molecule has 0 radical (unpaired) electrons. The number of halogens is 4. The third-order valence-corrected chi connectivity index (χ3v) is 5.17. The highest BCUT2D eigenvalue weighted by Crippen LogP contribution is 2.37. The second-order valence-electron chi connectivity index (χ2n) is 7.09. The van der Waals surface area contributed by atoms with Crippen molar-refractivity contribution in [1.82, 2.24) is 0 Å². The van der Waals surface area contributed by atoms with Crippen LogP contribution >= 0.6 is 15.9 Å². The molecule has 188 valence electrons. The fourth-order valence-corrected chi connectivity index (χ4v) is 3.51. The van der Waals surface area contributed by atoms with Gasteiger partial charge in [0.05, 0.1) is 28.3 Å². The van der Waals surface area contributed by atoms with Crippen LogP contribution in [0.15, 0.2) is 70.2 Å². The van der Waals surface area contributed by atoms with E-state index in [4.69, 9.17) is 9.47 Å². The number of nitro groups is 1. The van der Waals surface area contributed by atoms with E-state index in [2.05, 4.69) is 31.8 Å². The number of alkyl halides is 3. The molecule has 0 bridgehead atoms. The van der Waals surface area contributed by atoms with E-state index in [1.54, 1.807) is 30.3 Å². The van der Waals surface area contributed by atoms with Crippen LogP contribution in [0, 0.1) is 10.1 Å². The van der Waals surface area contributed by atoms with Gasteiger partial charge >= 0.3 is 6.18 Å². The SMILES string of the molecule is COc1cc(/C=N\Nc2ccc(C(F)(F)F)cc2[N+](=O)[O-])cc(Br)c1OCC(=O)Nc1ccccc1. The fraction of sp³-hybridized carbons (Fsp3) is 0.130. The Hall–Kier alpha value is -4.13. The highest BCUT2D eigenvalue weighted by molar-refractivity contribution is 9.10. The predicted molar refractivity (Wildman–Crippen MR) is 131 cm³/mol. The summed E-state index contributed by atoms with van der Waals surface area (Å²) in [7, 11) is 1.39. The van der Waals surface area contributed by atoms with Crippen molar-refractivity contribution in [2.45, 2.75) is 6.18 Å². The van der Waals surface area contributed by atoms with E-state index >= 15 is 0 Å². The maximum absolute atomic E-state index is 12.9. The number of carbonyl (C=O) groups is 1. The molecular formula is C23H18BrF3N4O5. The van der Waals surface area contributed by atoms with Crippen LogP contribution in [0.5, 0.6) is 11.5 Å². The molecule has 0 atom stereocenters. The molecule has 3 aromatic carbocycles. The first-order chi connectivity index (χ1) is 17.1. The van der Waals surface area contributed by atoms with Gasteiger partial charge in [-0.3, -0.25) is 20.3 Å². The Morgan fingerprint density at radius 1 is 1.17 bits per heavy atom. The molecule has 0 spiro atoms. The van der Waals surface area contributed by atoms with Crippen molar-refractivity contribution in [2.75, 3.05) is 24.5 Å². The van der Waals surface area contributed by atoms with Gasteiger partial charge in [0.1, 0.15) is 5.69 Å². The predicted octanol–water partition coefficient (Wildman–Crippen LogP) is 5.85. The lowest BCUT2D eigenvalue weighted by Crippen LogP contribution is -2.20. The topological polar surface area (TPSA) is 115 Å². The number of hydrogen-bond donors (Lipinski definition) is 2. The van der Waals surface area contributed by atoms with Crippen molar-refractivity contribution in [3.05, 3.63) is 86.4 Å². The van der Waals surface area contributed by atoms with Gasteiger partial charge in [-0.15, -0.1) is 0 Å². The van der Waals surface area contributed by atoms with E-state index in [1.165, 1.54) is 19.4 Å². The summed E-state index contributed by atoms with van der Waals surface area (Å²) < 4.78 is 49.9. The van der Waals surface area contributed by atoms with E-state index in [-0.39, 0.29) is 29.7 Å². The number of carbonyl (C=O) groups excluding carboxylic acids is 1. The lowest BCUT2D eigenvalue weighted by atomic mass is 10.1. The molecule has 0 aliphatic carbocycles. The number of ether oxygens (including phenoxy) is 2. The Bertz CT molecular complexity index is 1290. The number of methoxy groups -OCH3 is 1. The van der Waals surface area contributed by atoms with Crippen LogP contribution in [0.4, 0.5) is 30.2 Å². The summed E-state index contributed by atoms with van der Waals surface area (Å²) in [5, 5.41) is 17.8. The number of para-hydroxylation sites is 1. The third-order valence-electron chi connectivity index (χ3n) is 4.58. The standard InChI is InChI=1S/C23H18BrF3N4O5/c1-35-20-10-14(9-17(24)22(20)36-13-21(32)29-16-5-3-2-4-6-16)12-28-30-18-8-7-15(23(25,26)27)11-19(18)31(33)34/h2-12,30H,13H2,1H3,(H,29,32)/b28-12-. The van der Waals surface area contributed by atoms with Crippen molar-refractivity contribution < 1.29 is 32.4 Å². The Balaban J connectivity index is 1.71. The van der Waals surface area contributed by atoms with Gasteiger partial charge in [0, 0.05) is 11.8 Å². The van der Waals surface area contributed by atoms with Gasteiger partial charge in [-0.05, 0) is 57.9 Å². The number of benzene rings is 3. The Kier molecular flexibility index (Phi) is 8.48. The molecule has 0 aromatic heterocycles. The molecule has 3 aromatic rings. The highest BCUT2D eigenvalue weighted by atomic mass is 79.9. The van der Waals surface area contributed by atoms with Crippen molar-refractivity contribution in [1.29, 1.82) is 0 Å². The summed E-state index contributed by atoms with van der Waals surface area (Å²) in [6.07, 6.45) is -3.44. The minimum atomic E-state index is -4.72. The summed E-state index contributed by atoms with van der Waals surface area (Å²) in [4.78, 5) is 22.4. The molecule has 0 unspecified atom stereocenters. The zero-order valence-electron chi connectivity index (χ0n) is 18.5. The number of nitro benzene ring substituents is 1. The second kappa shape index (κ2) is 11.5. The number of rotatable bonds is 9. The van der Waals surface area contributed by atoms with E-state index in [1.807, 2.05) is 6.07 Å². The smallest absolute Gasteiger partial charge is 0.416 e. The molecule has 1 amide bonds. The van der Waals surface area contributed by atoms with Crippen LogP contribution in [0.2, 0.25) is 0 Å². The zero-order valence-corrected chi connectivity index (χ0v) is 20.1. The molecule has 3 rings (SSSR count). The van der Waals surface area contributed by atoms with E-state index in [0.717, 1.165) is 6.07 Å². The number of hydrazone groups is 1. The van der Waals surface area contributed by atoms with Crippen molar-refractivity contribution in [3.8, 4) is 11.5 Å². The molecule has 2 N–H and O–H groups in total. The summed E-state index contributed by atoms with van der Waals surface area (Å²) in [6.45, 7) is -0.295. The Morgan fingerprint density at radius 3 is 2.53 bits per heavy atom. The van der Waals surface area contributed by atoms with E-state index < -0.39 is 22.4 Å². The molecule has 0 fully saturated rings. The Morgan fingerprint density at radius 2 is 1.89 bits per heavy atom. The summed E-state index contributed by atoms with van der Waals surface area (Å²) in [5.41, 5.74) is 1.30. The average molecular weight is 567 g/mol. The number of nitrogens with one attached hydrogen (secondary N) is 2. The van der Waals surface area contributed by atoms with Gasteiger partial charge < -0.3 is 14.8 Å². The van der Waals surface area contributed by atoms with Crippen molar-refractivity contribution in [3.63, 3.8) is 0 Å². The van der Waals surface area contributed by atoms with Crippen LogP contribution in [-0.2, 0) is 11.0 Å². The lowest BCUT2D eigenvalue weighted by Gasteiger charge is -2.13. The van der Waals surface area contributed by atoms with Crippen LogP contribution in [-0.4, -0.2) is 30.8 Å². The van der Waals surface area contributed by atoms with Crippen LogP contribution in [0.3, 0.4) is 0 Å². The van der Waals surface area contributed by atoms with Crippen molar-refractivity contribution >= 4 is 45.1 Å². The molecule has 0 aliphatic rings. The zero-order chi connectivity index (χ0) is 26.3. The molecule has 0 aliphatic heterocycles. The van der Waals surface area contributed by atoms with Crippen LogP contribution in [0.1, 0.15) is 11.1 Å². The van der Waals surface area contributed by atoms with Crippen LogP contribution < -0.4 is 20.2 Å². The molecule has 0 saturated carbocycles. The number of nitrogens with zero attached hydrogens (tertiary/aromatic N) is 2. The number of amides is 1. The average Bonchev–Trinajstić information content (AvgIpc) is 2.83.